The van der Waals surface area contributed by atoms with Gasteiger partial charge in [0.15, 0.2) is 5.76 Å². The fraction of sp³-hybridized carbons (Fsp3) is 0.167. The van der Waals surface area contributed by atoms with Crippen LogP contribution in [0.5, 0.6) is 0 Å². The normalized spacial score (nSPS) is 11.2. The molecule has 80 valence electrons. The van der Waals surface area contributed by atoms with Crippen LogP contribution in [0.4, 0.5) is 12.9 Å². The largest absolute Gasteiger partial charge is 1.00 e. The van der Waals surface area contributed by atoms with E-state index in [4.69, 9.17) is 4.42 Å². The topological polar surface area (TPSA) is 56.7 Å². The van der Waals surface area contributed by atoms with Crippen LogP contribution in [-0.2, 0) is 6.44 Å². The van der Waals surface area contributed by atoms with Gasteiger partial charge in [0.25, 0.3) is 0 Å². The summed E-state index contributed by atoms with van der Waals surface area (Å²) in [7, 11) is 0. The second-order valence-corrected chi connectivity index (χ2v) is 2.86. The van der Waals surface area contributed by atoms with E-state index in [2.05, 4.69) is 15.4 Å². The zero-order valence-electron chi connectivity index (χ0n) is 8.35. The molecule has 0 bridgehead atoms. The Kier molecular flexibility index (Phi) is 4.74. The van der Waals surface area contributed by atoms with Crippen molar-refractivity contribution in [1.29, 1.82) is 0 Å². The molecule has 0 aliphatic carbocycles. The average Bonchev–Trinajstić information content (AvgIpc) is 2.68. The maximum absolute atomic E-state index is 12.0. The van der Waals surface area contributed by atoms with Crippen LogP contribution in [0.1, 0.15) is 0 Å². The first kappa shape index (κ1) is 13.9. The zero-order valence-corrected chi connectivity index (χ0v) is 11.5. The number of hydrogen-bond donors (Lipinski definition) is 0. The van der Waals surface area contributed by atoms with E-state index in [-0.39, 0.29) is 63.0 Å². The SMILES string of the molecule is F[B-](F)(F)Cn1nnc(-c2ccco2)n1.[K+]. The number of halogens is 3. The summed E-state index contributed by atoms with van der Waals surface area (Å²) in [6.45, 7) is -4.96. The van der Waals surface area contributed by atoms with Gasteiger partial charge in [0, 0.05) is 6.44 Å². The number of tetrazole rings is 1. The van der Waals surface area contributed by atoms with E-state index in [1.807, 2.05) is 0 Å². The molecule has 0 N–H and O–H groups in total. The molecule has 0 spiro atoms. The van der Waals surface area contributed by atoms with E-state index < -0.39 is 13.4 Å². The Hall–Kier alpha value is -0.159. The van der Waals surface area contributed by atoms with Gasteiger partial charge < -0.3 is 17.4 Å². The first-order valence-electron chi connectivity index (χ1n) is 4.07. The van der Waals surface area contributed by atoms with Crippen molar-refractivity contribution in [3.8, 4) is 11.6 Å². The van der Waals surface area contributed by atoms with Crippen LogP contribution >= 0.6 is 0 Å². The summed E-state index contributed by atoms with van der Waals surface area (Å²) in [5.74, 6) is 0.330. The van der Waals surface area contributed by atoms with Gasteiger partial charge in [-0.3, -0.25) is 0 Å². The smallest absolute Gasteiger partial charge is 0.461 e. The van der Waals surface area contributed by atoms with Gasteiger partial charge in [0.1, 0.15) is 0 Å². The standard InChI is InChI=1S/C6H5BF3N4O.K/c8-7(9,10)4-14-12-6(11-13-14)5-2-1-3-15-5;/h1-3H,4H2;/q-1;+1. The van der Waals surface area contributed by atoms with Gasteiger partial charge in [-0.15, -0.1) is 10.2 Å². The van der Waals surface area contributed by atoms with Crippen LogP contribution in [-0.4, -0.2) is 27.2 Å². The van der Waals surface area contributed by atoms with Gasteiger partial charge in [-0.2, -0.15) is 4.80 Å². The third-order valence-electron chi connectivity index (χ3n) is 1.56. The van der Waals surface area contributed by atoms with E-state index in [1.165, 1.54) is 6.26 Å². The van der Waals surface area contributed by atoms with Crippen molar-refractivity contribution in [3.63, 3.8) is 0 Å². The van der Waals surface area contributed by atoms with Crippen LogP contribution in [0.15, 0.2) is 22.8 Å². The summed E-state index contributed by atoms with van der Waals surface area (Å²) in [5, 5.41) is 10.2. The number of furan rings is 1. The monoisotopic (exact) mass is 256 g/mol. The third kappa shape index (κ3) is 3.70. The Morgan fingerprint density at radius 3 is 2.69 bits per heavy atom. The van der Waals surface area contributed by atoms with E-state index in [0.29, 0.717) is 4.80 Å². The van der Waals surface area contributed by atoms with Crippen LogP contribution in [0.3, 0.4) is 0 Å². The minimum Gasteiger partial charge on any atom is -0.461 e. The number of nitrogens with zero attached hydrogens (tertiary/aromatic N) is 4. The molecule has 5 nitrogen and oxygen atoms in total. The van der Waals surface area contributed by atoms with Crippen LogP contribution in [0.25, 0.3) is 11.6 Å². The van der Waals surface area contributed by atoms with Crippen LogP contribution in [0, 0.1) is 0 Å². The first-order chi connectivity index (χ1) is 7.04. The minimum absolute atomic E-state index is 0. The summed E-state index contributed by atoms with van der Waals surface area (Å²) in [4.78, 5) is 0.498. The van der Waals surface area contributed by atoms with E-state index in [1.54, 1.807) is 12.1 Å². The molecule has 0 amide bonds. The molecule has 0 aliphatic heterocycles. The number of hydrogen-bond acceptors (Lipinski definition) is 4. The molecule has 0 radical (unpaired) electrons. The van der Waals surface area contributed by atoms with Crippen molar-refractivity contribution < 1.29 is 68.7 Å². The van der Waals surface area contributed by atoms with Crippen molar-refractivity contribution in [1.82, 2.24) is 20.2 Å². The Balaban J connectivity index is 0.00000128. The quantitative estimate of drug-likeness (QED) is 0.616. The summed E-state index contributed by atoms with van der Waals surface area (Å²) < 4.78 is 40.9. The molecule has 0 unspecified atom stereocenters. The van der Waals surface area contributed by atoms with Gasteiger partial charge in [-0.1, -0.05) is 0 Å². The first-order valence-corrected chi connectivity index (χ1v) is 4.07. The molecular weight excluding hydrogens is 251 g/mol. The molecule has 2 rings (SSSR count). The predicted octanol–water partition coefficient (Wildman–Crippen LogP) is -1.68. The fourth-order valence-electron chi connectivity index (χ4n) is 1.01. The predicted molar refractivity (Wildman–Crippen MR) is 44.6 cm³/mol. The summed E-state index contributed by atoms with van der Waals surface area (Å²) in [5.41, 5.74) is 0. The van der Waals surface area contributed by atoms with Crippen molar-refractivity contribution in [2.75, 3.05) is 0 Å². The fourth-order valence-corrected chi connectivity index (χ4v) is 1.01. The molecule has 0 aliphatic rings. The number of rotatable bonds is 3. The molecule has 0 aromatic carbocycles. The van der Waals surface area contributed by atoms with Crippen molar-refractivity contribution >= 4 is 6.98 Å². The summed E-state index contributed by atoms with van der Waals surface area (Å²) in [6, 6.07) is 3.13. The molecule has 0 fully saturated rings. The van der Waals surface area contributed by atoms with Crippen molar-refractivity contribution in [3.05, 3.63) is 18.4 Å². The van der Waals surface area contributed by atoms with E-state index in [0.717, 1.165) is 0 Å². The second kappa shape index (κ2) is 5.45. The molecule has 2 heterocycles. The maximum atomic E-state index is 12.0. The second-order valence-electron chi connectivity index (χ2n) is 2.86. The molecule has 0 saturated heterocycles. The summed E-state index contributed by atoms with van der Waals surface area (Å²) in [6.07, 6.45) is 0.178. The molecule has 2 aromatic heterocycles. The van der Waals surface area contributed by atoms with Crippen molar-refractivity contribution in [2.24, 2.45) is 0 Å². The Labute approximate surface area is 131 Å². The van der Waals surface area contributed by atoms with Crippen LogP contribution < -0.4 is 51.4 Å². The van der Waals surface area contributed by atoms with Gasteiger partial charge >= 0.3 is 58.4 Å². The molecule has 10 heteroatoms. The van der Waals surface area contributed by atoms with Gasteiger partial charge in [0.05, 0.1) is 6.26 Å². The van der Waals surface area contributed by atoms with Gasteiger partial charge in [-0.05, 0) is 17.3 Å². The Morgan fingerprint density at radius 1 is 1.38 bits per heavy atom. The van der Waals surface area contributed by atoms with E-state index in [9.17, 15) is 12.9 Å². The molecule has 0 saturated carbocycles. The van der Waals surface area contributed by atoms with Crippen molar-refractivity contribution in [2.45, 2.75) is 6.44 Å². The van der Waals surface area contributed by atoms with Crippen LogP contribution in [0.2, 0.25) is 0 Å². The molecule has 16 heavy (non-hydrogen) atoms. The van der Waals surface area contributed by atoms with Gasteiger partial charge in [0.2, 0.25) is 5.82 Å². The zero-order chi connectivity index (χ0) is 10.9. The third-order valence-corrected chi connectivity index (χ3v) is 1.56. The maximum Gasteiger partial charge on any atom is 1.00 e. The van der Waals surface area contributed by atoms with E-state index >= 15 is 0 Å². The Morgan fingerprint density at radius 2 is 2.12 bits per heavy atom. The van der Waals surface area contributed by atoms with Gasteiger partial charge in [-0.25, -0.2) is 0 Å². The average molecular weight is 256 g/mol. The Bertz CT molecular complexity index is 443. The summed E-state index contributed by atoms with van der Waals surface area (Å²) >= 11 is 0. The molecule has 2 aromatic rings. The number of aromatic nitrogens is 4. The minimum atomic E-state index is -4.96. The molecular formula is C6H5BF3KN4O. The molecule has 0 atom stereocenters.